The van der Waals surface area contributed by atoms with Gasteiger partial charge in [-0.1, -0.05) is 11.8 Å². The first-order valence-corrected chi connectivity index (χ1v) is 6.99. The molecule has 2 rings (SSSR count). The van der Waals surface area contributed by atoms with Crippen LogP contribution in [0.4, 0.5) is 5.13 Å². The second kappa shape index (κ2) is 6.85. The van der Waals surface area contributed by atoms with E-state index in [0.29, 0.717) is 17.1 Å². The Labute approximate surface area is 121 Å². The molecule has 1 aromatic carbocycles. The van der Waals surface area contributed by atoms with Gasteiger partial charge in [-0.3, -0.25) is 10.1 Å². The van der Waals surface area contributed by atoms with Gasteiger partial charge in [0.25, 0.3) is 5.91 Å². The zero-order valence-electron chi connectivity index (χ0n) is 11.0. The Hall–Kier alpha value is -2.16. The second-order valence-corrected chi connectivity index (χ2v) is 5.05. The zero-order valence-corrected chi connectivity index (χ0v) is 11.8. The molecule has 1 heterocycles. The number of hydrogen-bond acceptors (Lipinski definition) is 4. The third kappa shape index (κ3) is 3.92. The van der Waals surface area contributed by atoms with E-state index in [0.717, 1.165) is 11.1 Å². The maximum absolute atomic E-state index is 12.1. The number of rotatable bonds is 3. The number of thiazole rings is 1. The van der Waals surface area contributed by atoms with Crippen LogP contribution in [0.3, 0.4) is 0 Å². The molecular weight excluding hydrogens is 272 g/mol. The first-order chi connectivity index (χ1) is 9.69. The number of amides is 1. The molecule has 2 N–H and O–H groups in total. The Morgan fingerprint density at radius 3 is 3.00 bits per heavy atom. The van der Waals surface area contributed by atoms with Crippen LogP contribution >= 0.6 is 11.3 Å². The number of carbonyl (C=O) groups is 1. The van der Waals surface area contributed by atoms with Gasteiger partial charge in [-0.2, -0.15) is 0 Å². The predicted molar refractivity (Wildman–Crippen MR) is 79.8 cm³/mol. The Bertz CT molecular complexity index is 654. The standard InChI is InChI=1S/C15H14N2O2S/c1-11-8-12(4-2-3-6-18)10-13(9-11)14(19)17-15-16-5-7-20-15/h5,7-10,18H,3,6H2,1H3,(H,16,17,19). The Kier molecular flexibility index (Phi) is 4.88. The van der Waals surface area contributed by atoms with Gasteiger partial charge in [-0.25, -0.2) is 4.98 Å². The van der Waals surface area contributed by atoms with E-state index < -0.39 is 0 Å². The minimum Gasteiger partial charge on any atom is -0.395 e. The van der Waals surface area contributed by atoms with Crippen LogP contribution in [-0.2, 0) is 0 Å². The van der Waals surface area contributed by atoms with Gasteiger partial charge < -0.3 is 5.11 Å². The summed E-state index contributed by atoms with van der Waals surface area (Å²) in [5.74, 6) is 5.59. The number of nitrogens with zero attached hydrogens (tertiary/aromatic N) is 1. The van der Waals surface area contributed by atoms with Gasteiger partial charge in [0.05, 0.1) is 6.61 Å². The highest BCUT2D eigenvalue weighted by atomic mass is 32.1. The summed E-state index contributed by atoms with van der Waals surface area (Å²) in [5, 5.41) is 13.8. The molecule has 0 spiro atoms. The van der Waals surface area contributed by atoms with Crippen molar-refractivity contribution in [3.05, 3.63) is 46.5 Å². The number of nitrogens with one attached hydrogen (secondary N) is 1. The lowest BCUT2D eigenvalue weighted by molar-refractivity contribution is 0.102. The highest BCUT2D eigenvalue weighted by molar-refractivity contribution is 7.13. The Morgan fingerprint density at radius 1 is 1.45 bits per heavy atom. The molecular formula is C15H14N2O2S. The second-order valence-electron chi connectivity index (χ2n) is 4.15. The van der Waals surface area contributed by atoms with E-state index in [2.05, 4.69) is 22.1 Å². The van der Waals surface area contributed by atoms with Crippen LogP contribution < -0.4 is 5.32 Å². The predicted octanol–water partition coefficient (Wildman–Crippen LogP) is 2.44. The number of aliphatic hydroxyl groups excluding tert-OH is 1. The van der Waals surface area contributed by atoms with Crippen LogP contribution in [0.5, 0.6) is 0 Å². The normalized spacial score (nSPS) is 9.70. The lowest BCUT2D eigenvalue weighted by atomic mass is 10.1. The quantitative estimate of drug-likeness (QED) is 0.852. The number of benzene rings is 1. The number of aliphatic hydroxyl groups is 1. The fourth-order valence-corrected chi connectivity index (χ4v) is 2.19. The third-order valence-electron chi connectivity index (χ3n) is 2.46. The van der Waals surface area contributed by atoms with Gasteiger partial charge in [0.2, 0.25) is 0 Å². The summed E-state index contributed by atoms with van der Waals surface area (Å²) in [6, 6.07) is 5.45. The maximum atomic E-state index is 12.1. The molecule has 0 unspecified atom stereocenters. The van der Waals surface area contributed by atoms with Gasteiger partial charge in [-0.15, -0.1) is 11.3 Å². The number of aryl methyl sites for hydroxylation is 1. The van der Waals surface area contributed by atoms with Gasteiger partial charge in [0.15, 0.2) is 5.13 Å². The van der Waals surface area contributed by atoms with E-state index in [9.17, 15) is 4.79 Å². The molecule has 0 saturated heterocycles. The van der Waals surface area contributed by atoms with Gasteiger partial charge >= 0.3 is 0 Å². The molecule has 0 aliphatic carbocycles. The molecule has 0 atom stereocenters. The van der Waals surface area contributed by atoms with E-state index in [4.69, 9.17) is 5.11 Å². The van der Waals surface area contributed by atoms with Crippen molar-refractivity contribution in [3.8, 4) is 11.8 Å². The van der Waals surface area contributed by atoms with Crippen LogP contribution in [0.15, 0.2) is 29.8 Å². The van der Waals surface area contributed by atoms with Crippen molar-refractivity contribution in [2.24, 2.45) is 0 Å². The van der Waals surface area contributed by atoms with Crippen molar-refractivity contribution in [1.29, 1.82) is 0 Å². The third-order valence-corrected chi connectivity index (χ3v) is 3.15. The van der Waals surface area contributed by atoms with Crippen molar-refractivity contribution in [3.63, 3.8) is 0 Å². The monoisotopic (exact) mass is 286 g/mol. The summed E-state index contributed by atoms with van der Waals surface area (Å²) < 4.78 is 0. The molecule has 0 aliphatic heterocycles. The molecule has 0 saturated carbocycles. The average Bonchev–Trinajstić information content (AvgIpc) is 2.91. The number of anilines is 1. The van der Waals surface area contributed by atoms with Crippen LogP contribution in [-0.4, -0.2) is 22.6 Å². The van der Waals surface area contributed by atoms with Gasteiger partial charge in [0, 0.05) is 29.1 Å². The van der Waals surface area contributed by atoms with Gasteiger partial charge in [-0.05, 0) is 30.7 Å². The van der Waals surface area contributed by atoms with Crippen molar-refractivity contribution >= 4 is 22.4 Å². The van der Waals surface area contributed by atoms with E-state index >= 15 is 0 Å². The molecule has 1 amide bonds. The molecule has 1 aromatic heterocycles. The topological polar surface area (TPSA) is 62.2 Å². The molecule has 102 valence electrons. The van der Waals surface area contributed by atoms with Gasteiger partial charge in [0.1, 0.15) is 0 Å². The van der Waals surface area contributed by atoms with Crippen molar-refractivity contribution in [2.45, 2.75) is 13.3 Å². The minimum atomic E-state index is -0.200. The zero-order chi connectivity index (χ0) is 14.4. The van der Waals surface area contributed by atoms with Crippen LogP contribution in [0.25, 0.3) is 0 Å². The van der Waals surface area contributed by atoms with Crippen molar-refractivity contribution in [2.75, 3.05) is 11.9 Å². The summed E-state index contributed by atoms with van der Waals surface area (Å²) in [4.78, 5) is 16.1. The molecule has 0 bridgehead atoms. The smallest absolute Gasteiger partial charge is 0.257 e. The Morgan fingerprint density at radius 2 is 2.30 bits per heavy atom. The van der Waals surface area contributed by atoms with E-state index in [-0.39, 0.29) is 12.5 Å². The lowest BCUT2D eigenvalue weighted by Crippen LogP contribution is -2.12. The van der Waals surface area contributed by atoms with Crippen LogP contribution in [0.1, 0.15) is 27.9 Å². The Balaban J connectivity index is 2.19. The van der Waals surface area contributed by atoms with Crippen molar-refractivity contribution < 1.29 is 9.90 Å². The molecule has 0 fully saturated rings. The first kappa shape index (κ1) is 14.3. The fraction of sp³-hybridized carbons (Fsp3) is 0.200. The first-order valence-electron chi connectivity index (χ1n) is 6.11. The number of hydrogen-bond donors (Lipinski definition) is 2. The molecule has 20 heavy (non-hydrogen) atoms. The summed E-state index contributed by atoms with van der Waals surface area (Å²) in [7, 11) is 0. The number of aromatic nitrogens is 1. The molecule has 4 nitrogen and oxygen atoms in total. The van der Waals surface area contributed by atoms with Crippen molar-refractivity contribution in [1.82, 2.24) is 4.98 Å². The average molecular weight is 286 g/mol. The minimum absolute atomic E-state index is 0.0379. The SMILES string of the molecule is Cc1cc(C#CCCO)cc(C(=O)Nc2nccs2)c1. The van der Waals surface area contributed by atoms with Crippen LogP contribution in [0, 0.1) is 18.8 Å². The molecule has 2 aromatic rings. The maximum Gasteiger partial charge on any atom is 0.257 e. The molecule has 0 aliphatic rings. The van der Waals surface area contributed by atoms with E-state index in [1.54, 1.807) is 23.7 Å². The lowest BCUT2D eigenvalue weighted by Gasteiger charge is -2.04. The highest BCUT2D eigenvalue weighted by Gasteiger charge is 2.08. The van der Waals surface area contributed by atoms with Crippen LogP contribution in [0.2, 0.25) is 0 Å². The fourth-order valence-electron chi connectivity index (χ4n) is 1.66. The summed E-state index contributed by atoms with van der Waals surface area (Å²) in [6.07, 6.45) is 2.07. The summed E-state index contributed by atoms with van der Waals surface area (Å²) >= 11 is 1.37. The highest BCUT2D eigenvalue weighted by Crippen LogP contribution is 2.14. The van der Waals surface area contributed by atoms with E-state index in [1.165, 1.54) is 11.3 Å². The van der Waals surface area contributed by atoms with E-state index in [1.807, 2.05) is 13.0 Å². The number of carbonyl (C=O) groups excluding carboxylic acids is 1. The molecule has 5 heteroatoms. The summed E-state index contributed by atoms with van der Waals surface area (Å²) in [5.41, 5.74) is 2.28. The largest absolute Gasteiger partial charge is 0.395 e. The summed E-state index contributed by atoms with van der Waals surface area (Å²) in [6.45, 7) is 1.95. The molecule has 0 radical (unpaired) electrons.